The normalized spacial score (nSPS) is 18.6. The Kier molecular flexibility index (Phi) is 5.10. The summed E-state index contributed by atoms with van der Waals surface area (Å²) in [6.07, 6.45) is 3.97. The molecule has 7 heteroatoms. The van der Waals surface area contributed by atoms with E-state index >= 15 is 0 Å². The second kappa shape index (κ2) is 7.03. The molecule has 1 heterocycles. The molecule has 7 nitrogen and oxygen atoms in total. The number of benzene rings is 1. The first kappa shape index (κ1) is 15.2. The van der Waals surface area contributed by atoms with E-state index in [1.54, 1.807) is 6.07 Å². The Balaban J connectivity index is 2.09. The van der Waals surface area contributed by atoms with Crippen LogP contribution in [0.2, 0.25) is 0 Å². The number of methoxy groups -OCH3 is 1. The highest BCUT2D eigenvalue weighted by Crippen LogP contribution is 2.29. The number of amides is 1. The summed E-state index contributed by atoms with van der Waals surface area (Å²) < 4.78 is 4.93. The molecule has 0 aromatic heterocycles. The molecule has 0 radical (unpaired) electrons. The van der Waals surface area contributed by atoms with Crippen LogP contribution in [0.25, 0.3) is 0 Å². The van der Waals surface area contributed by atoms with Crippen molar-refractivity contribution in [3.63, 3.8) is 0 Å². The van der Waals surface area contributed by atoms with Gasteiger partial charge in [0.05, 0.1) is 18.1 Å². The van der Waals surface area contributed by atoms with Crippen molar-refractivity contribution in [2.75, 3.05) is 19.0 Å². The topological polar surface area (TPSA) is 93.5 Å². The summed E-state index contributed by atoms with van der Waals surface area (Å²) in [7, 11) is 1.37. The van der Waals surface area contributed by atoms with Gasteiger partial charge in [-0.25, -0.2) is 0 Å². The molecule has 1 aromatic carbocycles. The standard InChI is InChI=1S/C14H19N3O4/c1-21-13-7-6-10(9-12(13)17(19)20)16-14(18)11-5-3-2-4-8-15-11/h6-7,9,11,15H,2-5,8H2,1H3,(H,16,18). The van der Waals surface area contributed by atoms with E-state index in [2.05, 4.69) is 10.6 Å². The highest BCUT2D eigenvalue weighted by molar-refractivity contribution is 5.95. The van der Waals surface area contributed by atoms with Crippen LogP contribution in [0, 0.1) is 10.1 Å². The molecule has 21 heavy (non-hydrogen) atoms. The zero-order valence-electron chi connectivity index (χ0n) is 11.9. The highest BCUT2D eigenvalue weighted by atomic mass is 16.6. The van der Waals surface area contributed by atoms with Gasteiger partial charge < -0.3 is 15.4 Å². The lowest BCUT2D eigenvalue weighted by Gasteiger charge is -2.15. The van der Waals surface area contributed by atoms with Crippen molar-refractivity contribution in [2.45, 2.75) is 31.7 Å². The van der Waals surface area contributed by atoms with Crippen LogP contribution in [-0.4, -0.2) is 30.5 Å². The second-order valence-electron chi connectivity index (χ2n) is 4.99. The van der Waals surface area contributed by atoms with Crippen LogP contribution in [0.15, 0.2) is 18.2 Å². The lowest BCUT2D eigenvalue weighted by atomic mass is 10.1. The Hall–Kier alpha value is -2.15. The largest absolute Gasteiger partial charge is 0.490 e. The number of carbonyl (C=O) groups is 1. The number of hydrogen-bond acceptors (Lipinski definition) is 5. The lowest BCUT2D eigenvalue weighted by Crippen LogP contribution is -2.39. The van der Waals surface area contributed by atoms with Crippen molar-refractivity contribution in [3.8, 4) is 5.75 Å². The summed E-state index contributed by atoms with van der Waals surface area (Å²) >= 11 is 0. The third-order valence-electron chi connectivity index (χ3n) is 3.52. The van der Waals surface area contributed by atoms with Gasteiger partial charge in [0, 0.05) is 11.8 Å². The third-order valence-corrected chi connectivity index (χ3v) is 3.52. The maximum Gasteiger partial charge on any atom is 0.312 e. The van der Waals surface area contributed by atoms with Crippen LogP contribution in [0.1, 0.15) is 25.7 Å². The van der Waals surface area contributed by atoms with Crippen LogP contribution in [-0.2, 0) is 4.79 Å². The summed E-state index contributed by atoms with van der Waals surface area (Å²) in [4.78, 5) is 22.6. The monoisotopic (exact) mass is 293 g/mol. The molecule has 1 fully saturated rings. The van der Waals surface area contributed by atoms with E-state index < -0.39 is 4.92 Å². The minimum absolute atomic E-state index is 0.156. The number of hydrogen-bond donors (Lipinski definition) is 2. The lowest BCUT2D eigenvalue weighted by molar-refractivity contribution is -0.385. The van der Waals surface area contributed by atoms with Crippen LogP contribution in [0.3, 0.4) is 0 Å². The van der Waals surface area contributed by atoms with E-state index in [-0.39, 0.29) is 23.4 Å². The minimum atomic E-state index is -0.529. The Bertz CT molecular complexity index is 525. The predicted molar refractivity (Wildman–Crippen MR) is 78.5 cm³/mol. The molecule has 1 saturated heterocycles. The van der Waals surface area contributed by atoms with E-state index in [0.29, 0.717) is 5.69 Å². The maximum atomic E-state index is 12.2. The van der Waals surface area contributed by atoms with E-state index in [1.807, 2.05) is 0 Å². The smallest absolute Gasteiger partial charge is 0.312 e. The van der Waals surface area contributed by atoms with Crippen molar-refractivity contribution in [1.29, 1.82) is 0 Å². The summed E-state index contributed by atoms with van der Waals surface area (Å²) in [6, 6.07) is 4.15. The van der Waals surface area contributed by atoms with E-state index in [9.17, 15) is 14.9 Å². The number of nitro groups is 1. The van der Waals surface area contributed by atoms with Gasteiger partial charge in [-0.1, -0.05) is 12.8 Å². The maximum absolute atomic E-state index is 12.2. The molecular weight excluding hydrogens is 274 g/mol. The van der Waals surface area contributed by atoms with Crippen LogP contribution in [0.5, 0.6) is 5.75 Å². The van der Waals surface area contributed by atoms with Gasteiger partial charge in [0.25, 0.3) is 0 Å². The van der Waals surface area contributed by atoms with Gasteiger partial charge >= 0.3 is 5.69 Å². The molecule has 114 valence electrons. The molecule has 0 aliphatic carbocycles. The highest BCUT2D eigenvalue weighted by Gasteiger charge is 2.21. The minimum Gasteiger partial charge on any atom is -0.490 e. The van der Waals surface area contributed by atoms with E-state index in [0.717, 1.165) is 32.2 Å². The van der Waals surface area contributed by atoms with Gasteiger partial charge in [0.15, 0.2) is 5.75 Å². The first-order chi connectivity index (χ1) is 10.1. The number of rotatable bonds is 4. The van der Waals surface area contributed by atoms with Gasteiger partial charge in [-0.05, 0) is 31.5 Å². The molecule has 0 saturated carbocycles. The molecule has 1 aliphatic heterocycles. The van der Waals surface area contributed by atoms with Crippen LogP contribution in [0.4, 0.5) is 11.4 Å². The van der Waals surface area contributed by atoms with Crippen LogP contribution < -0.4 is 15.4 Å². The average molecular weight is 293 g/mol. The molecule has 0 bridgehead atoms. The van der Waals surface area contributed by atoms with Crippen molar-refractivity contribution in [3.05, 3.63) is 28.3 Å². The number of nitro benzene ring substituents is 1. The summed E-state index contributed by atoms with van der Waals surface area (Å²) in [5.74, 6) is 0.0157. The molecule has 0 spiro atoms. The Labute approximate surface area is 122 Å². The summed E-state index contributed by atoms with van der Waals surface area (Å²) in [6.45, 7) is 0.820. The van der Waals surface area contributed by atoms with Crippen molar-refractivity contribution in [1.82, 2.24) is 5.32 Å². The van der Waals surface area contributed by atoms with Crippen molar-refractivity contribution >= 4 is 17.3 Å². The molecule has 1 aliphatic rings. The molecular formula is C14H19N3O4. The first-order valence-corrected chi connectivity index (χ1v) is 6.98. The molecule has 1 aromatic rings. The fraction of sp³-hybridized carbons (Fsp3) is 0.500. The molecule has 1 amide bonds. The fourth-order valence-corrected chi connectivity index (χ4v) is 2.39. The molecule has 1 atom stereocenters. The number of ether oxygens (including phenoxy) is 1. The van der Waals surface area contributed by atoms with Crippen LogP contribution >= 0.6 is 0 Å². The van der Waals surface area contributed by atoms with E-state index in [1.165, 1.54) is 19.2 Å². The quantitative estimate of drug-likeness (QED) is 0.654. The van der Waals surface area contributed by atoms with Gasteiger partial charge in [0.2, 0.25) is 5.91 Å². The van der Waals surface area contributed by atoms with Gasteiger partial charge in [-0.2, -0.15) is 0 Å². The molecule has 2 N–H and O–H groups in total. The zero-order valence-corrected chi connectivity index (χ0v) is 11.9. The SMILES string of the molecule is COc1ccc(NC(=O)C2CCCCCN2)cc1[N+](=O)[O-]. The fourth-order valence-electron chi connectivity index (χ4n) is 2.39. The van der Waals surface area contributed by atoms with E-state index in [4.69, 9.17) is 4.74 Å². The van der Waals surface area contributed by atoms with Gasteiger partial charge in [-0.3, -0.25) is 14.9 Å². The first-order valence-electron chi connectivity index (χ1n) is 6.98. The summed E-state index contributed by atoms with van der Waals surface area (Å²) in [5.41, 5.74) is 0.239. The predicted octanol–water partition coefficient (Wildman–Crippen LogP) is 2.07. The Morgan fingerprint density at radius 2 is 2.24 bits per heavy atom. The number of nitrogens with one attached hydrogen (secondary N) is 2. The second-order valence-corrected chi connectivity index (χ2v) is 4.99. The average Bonchev–Trinajstić information content (AvgIpc) is 2.76. The zero-order chi connectivity index (χ0) is 15.2. The Morgan fingerprint density at radius 1 is 1.43 bits per heavy atom. The third kappa shape index (κ3) is 3.91. The number of nitrogens with zero attached hydrogens (tertiary/aromatic N) is 1. The molecule has 1 unspecified atom stereocenters. The van der Waals surface area contributed by atoms with Gasteiger partial charge in [0.1, 0.15) is 0 Å². The number of carbonyl (C=O) groups excluding carboxylic acids is 1. The Morgan fingerprint density at radius 3 is 2.95 bits per heavy atom. The van der Waals surface area contributed by atoms with Crippen molar-refractivity contribution in [2.24, 2.45) is 0 Å². The van der Waals surface area contributed by atoms with Gasteiger partial charge in [-0.15, -0.1) is 0 Å². The summed E-state index contributed by atoms with van der Waals surface area (Å²) in [5, 5.41) is 16.9. The van der Waals surface area contributed by atoms with Crippen molar-refractivity contribution < 1.29 is 14.5 Å². The molecule has 2 rings (SSSR count). The number of anilines is 1.